The van der Waals surface area contributed by atoms with E-state index in [9.17, 15) is 13.2 Å². The summed E-state index contributed by atoms with van der Waals surface area (Å²) in [5, 5.41) is 8.91. The van der Waals surface area contributed by atoms with Crippen LogP contribution in [0.25, 0.3) is 0 Å². The lowest BCUT2D eigenvalue weighted by atomic mass is 10.1. The van der Waals surface area contributed by atoms with Crippen molar-refractivity contribution in [3.8, 4) is 11.8 Å². The Labute approximate surface area is 152 Å². The number of nitriles is 1. The van der Waals surface area contributed by atoms with Crippen LogP contribution in [0.15, 0.2) is 30.3 Å². The van der Waals surface area contributed by atoms with Gasteiger partial charge in [-0.25, -0.2) is 8.42 Å². The molecule has 7 heteroatoms. The second-order valence-electron chi connectivity index (χ2n) is 6.56. The molecule has 1 saturated heterocycles. The molecule has 2 aromatic rings. The maximum Gasteiger partial charge on any atom is 0.202 e. The highest BCUT2D eigenvalue weighted by Crippen LogP contribution is 2.29. The van der Waals surface area contributed by atoms with Gasteiger partial charge in [-0.1, -0.05) is 6.07 Å². The number of rotatable bonds is 5. The highest BCUT2D eigenvalue weighted by atomic mass is 32.2. The van der Waals surface area contributed by atoms with Gasteiger partial charge in [-0.2, -0.15) is 5.26 Å². The second kappa shape index (κ2) is 6.96. The molecular formula is C19H20N2O4S. The number of carbonyl (C=O) groups is 1. The van der Waals surface area contributed by atoms with Gasteiger partial charge < -0.3 is 9.30 Å². The third-order valence-corrected chi connectivity index (χ3v) is 6.44. The topological polar surface area (TPSA) is 89.2 Å². The average molecular weight is 372 g/mol. The summed E-state index contributed by atoms with van der Waals surface area (Å²) in [5.74, 6) is 0.603. The van der Waals surface area contributed by atoms with Gasteiger partial charge in [-0.15, -0.1) is 0 Å². The lowest BCUT2D eigenvalue weighted by molar-refractivity contribution is 0.0920. The maximum atomic E-state index is 12.6. The minimum atomic E-state index is -3.00. The molecule has 3 rings (SSSR count). The zero-order chi connectivity index (χ0) is 18.9. The van der Waals surface area contributed by atoms with Gasteiger partial charge in [0.1, 0.15) is 5.75 Å². The number of aryl methyl sites for hydroxylation is 1. The third kappa shape index (κ3) is 3.65. The molecule has 0 aliphatic carbocycles. The predicted octanol–water partition coefficient (Wildman–Crippen LogP) is 2.60. The molecule has 0 amide bonds. The minimum Gasteiger partial charge on any atom is -0.485 e. The second-order valence-corrected chi connectivity index (χ2v) is 8.79. The third-order valence-electron chi connectivity index (χ3n) is 4.69. The molecule has 0 spiro atoms. The number of aromatic nitrogens is 1. The number of benzene rings is 1. The van der Waals surface area contributed by atoms with Gasteiger partial charge in [-0.05, 0) is 44.5 Å². The molecule has 0 N–H and O–H groups in total. The normalized spacial score (nSPS) is 18.4. The van der Waals surface area contributed by atoms with Gasteiger partial charge in [0.05, 0.1) is 23.1 Å². The van der Waals surface area contributed by atoms with Crippen molar-refractivity contribution in [2.75, 3.05) is 18.1 Å². The number of nitrogens with zero attached hydrogens (tertiary/aromatic N) is 2. The summed E-state index contributed by atoms with van der Waals surface area (Å²) in [6, 6.07) is 10.3. The van der Waals surface area contributed by atoms with Crippen LogP contribution in [0.5, 0.6) is 5.75 Å². The Morgan fingerprint density at radius 2 is 2.12 bits per heavy atom. The fraction of sp³-hybridized carbons (Fsp3) is 0.368. The van der Waals surface area contributed by atoms with E-state index in [2.05, 4.69) is 0 Å². The molecule has 2 heterocycles. The van der Waals surface area contributed by atoms with Crippen molar-refractivity contribution in [1.82, 2.24) is 4.57 Å². The minimum absolute atomic E-state index is 0.116. The number of hydrogen-bond acceptors (Lipinski definition) is 5. The van der Waals surface area contributed by atoms with E-state index in [4.69, 9.17) is 10.00 Å². The molecule has 1 aliphatic rings. The Balaban J connectivity index is 1.76. The zero-order valence-electron chi connectivity index (χ0n) is 14.7. The van der Waals surface area contributed by atoms with E-state index in [1.165, 1.54) is 0 Å². The van der Waals surface area contributed by atoms with Crippen molar-refractivity contribution in [3.05, 3.63) is 52.8 Å². The molecule has 1 aromatic heterocycles. The van der Waals surface area contributed by atoms with Gasteiger partial charge in [-0.3, -0.25) is 4.79 Å². The van der Waals surface area contributed by atoms with E-state index in [-0.39, 0.29) is 29.9 Å². The zero-order valence-corrected chi connectivity index (χ0v) is 15.5. The fourth-order valence-corrected chi connectivity index (χ4v) is 5.18. The molecule has 0 saturated carbocycles. The summed E-state index contributed by atoms with van der Waals surface area (Å²) in [4.78, 5) is 12.6. The number of carbonyl (C=O) groups excluding carboxylic acids is 1. The smallest absolute Gasteiger partial charge is 0.202 e. The molecule has 0 unspecified atom stereocenters. The number of ketones is 1. The molecule has 6 nitrogen and oxygen atoms in total. The number of sulfone groups is 1. The standard InChI is InChI=1S/C19H20N2O4S/c1-13-8-18(14(2)21(13)16-6-7-26(23,24)12-16)19(22)11-25-17-5-3-4-15(9-17)10-20/h3-5,8-9,16H,6-7,11-12H2,1-2H3/t16-/m0/s1. The molecule has 0 radical (unpaired) electrons. The van der Waals surface area contributed by atoms with Gasteiger partial charge in [0.15, 0.2) is 16.4 Å². The number of Topliss-reactive ketones (excluding diaryl/α,β-unsaturated/α-hetero) is 1. The number of ether oxygens (including phenoxy) is 1. The Bertz CT molecular complexity index is 999. The largest absolute Gasteiger partial charge is 0.485 e. The van der Waals surface area contributed by atoms with Crippen molar-refractivity contribution in [2.24, 2.45) is 0 Å². The quantitative estimate of drug-likeness (QED) is 0.753. The maximum absolute atomic E-state index is 12.6. The van der Waals surface area contributed by atoms with Crippen molar-refractivity contribution >= 4 is 15.6 Å². The fourth-order valence-electron chi connectivity index (χ4n) is 3.48. The molecule has 1 aromatic carbocycles. The highest BCUT2D eigenvalue weighted by Gasteiger charge is 2.31. The van der Waals surface area contributed by atoms with E-state index in [1.807, 2.05) is 24.5 Å². The van der Waals surface area contributed by atoms with Crippen LogP contribution >= 0.6 is 0 Å². The summed E-state index contributed by atoms with van der Waals surface area (Å²) >= 11 is 0. The first-order valence-electron chi connectivity index (χ1n) is 8.36. The first-order valence-corrected chi connectivity index (χ1v) is 10.2. The van der Waals surface area contributed by atoms with Crippen LogP contribution in [-0.2, 0) is 9.84 Å². The molecule has 1 fully saturated rings. The van der Waals surface area contributed by atoms with E-state index < -0.39 is 9.84 Å². The van der Waals surface area contributed by atoms with Crippen molar-refractivity contribution in [2.45, 2.75) is 26.3 Å². The van der Waals surface area contributed by atoms with E-state index in [1.54, 1.807) is 30.3 Å². The Hall–Kier alpha value is -2.59. The lowest BCUT2D eigenvalue weighted by Gasteiger charge is -2.16. The van der Waals surface area contributed by atoms with Crippen molar-refractivity contribution < 1.29 is 17.9 Å². The molecule has 1 aliphatic heterocycles. The highest BCUT2D eigenvalue weighted by molar-refractivity contribution is 7.91. The molecular weight excluding hydrogens is 352 g/mol. The Kier molecular flexibility index (Phi) is 4.88. The Morgan fingerprint density at radius 1 is 1.35 bits per heavy atom. The van der Waals surface area contributed by atoms with Gasteiger partial charge in [0, 0.05) is 23.0 Å². The van der Waals surface area contributed by atoms with E-state index >= 15 is 0 Å². The summed E-state index contributed by atoms with van der Waals surface area (Å²) in [7, 11) is -3.00. The van der Waals surface area contributed by atoms with Crippen LogP contribution in [0.4, 0.5) is 0 Å². The van der Waals surface area contributed by atoms with Crippen LogP contribution in [0.3, 0.4) is 0 Å². The summed E-state index contributed by atoms with van der Waals surface area (Å²) in [6.07, 6.45) is 0.573. The van der Waals surface area contributed by atoms with Gasteiger partial charge in [0.2, 0.25) is 5.78 Å². The first-order chi connectivity index (χ1) is 12.3. The summed E-state index contributed by atoms with van der Waals surface area (Å²) < 4.78 is 31.0. The SMILES string of the molecule is Cc1cc(C(=O)COc2cccc(C#N)c2)c(C)n1[C@H]1CCS(=O)(=O)C1. The van der Waals surface area contributed by atoms with Crippen LogP contribution in [0.2, 0.25) is 0 Å². The van der Waals surface area contributed by atoms with Crippen LogP contribution < -0.4 is 4.74 Å². The first kappa shape index (κ1) is 18.2. The van der Waals surface area contributed by atoms with E-state index in [0.717, 1.165) is 11.4 Å². The monoisotopic (exact) mass is 372 g/mol. The lowest BCUT2D eigenvalue weighted by Crippen LogP contribution is -2.16. The molecule has 1 atom stereocenters. The van der Waals surface area contributed by atoms with Crippen LogP contribution in [0, 0.1) is 25.2 Å². The predicted molar refractivity (Wildman–Crippen MR) is 97.2 cm³/mol. The van der Waals surface area contributed by atoms with Crippen molar-refractivity contribution in [3.63, 3.8) is 0 Å². The molecule has 0 bridgehead atoms. The molecule has 136 valence electrons. The van der Waals surface area contributed by atoms with Gasteiger partial charge >= 0.3 is 0 Å². The summed E-state index contributed by atoms with van der Waals surface area (Å²) in [5.41, 5.74) is 2.65. The number of hydrogen-bond donors (Lipinski definition) is 0. The van der Waals surface area contributed by atoms with E-state index in [0.29, 0.717) is 23.3 Å². The van der Waals surface area contributed by atoms with Crippen molar-refractivity contribution in [1.29, 1.82) is 5.26 Å². The van der Waals surface area contributed by atoms with Gasteiger partial charge in [0.25, 0.3) is 0 Å². The summed E-state index contributed by atoms with van der Waals surface area (Å²) in [6.45, 7) is 3.58. The van der Waals surface area contributed by atoms with Crippen LogP contribution in [-0.4, -0.2) is 36.9 Å². The van der Waals surface area contributed by atoms with Crippen LogP contribution in [0.1, 0.15) is 39.8 Å². The average Bonchev–Trinajstić information content (AvgIpc) is 3.11. The molecule has 26 heavy (non-hydrogen) atoms. The Morgan fingerprint density at radius 3 is 2.77 bits per heavy atom.